The van der Waals surface area contributed by atoms with Gasteiger partial charge in [-0.05, 0) is 0 Å². The van der Waals surface area contributed by atoms with Gasteiger partial charge in [0.15, 0.2) is 0 Å². The zero-order valence-corrected chi connectivity index (χ0v) is 6.49. The maximum absolute atomic E-state index is 8.88. The normalized spacial score (nSPS) is 7.30. The van der Waals surface area contributed by atoms with Gasteiger partial charge in [0, 0.05) is 14.0 Å². The van der Waals surface area contributed by atoms with Crippen LogP contribution in [0.5, 0.6) is 0 Å². The molecule has 0 rings (SSSR count). The first-order chi connectivity index (χ1) is 4.41. The molecule has 7 heteroatoms. The molecule has 0 amide bonds. The number of hydrogen-bond acceptors (Lipinski definition) is 3. The summed E-state index contributed by atoms with van der Waals surface area (Å²) in [7, 11) is -3.64. The van der Waals surface area contributed by atoms with Crippen LogP contribution < -0.4 is 0 Å². The molecule has 0 radical (unpaired) electrons. The Labute approximate surface area is 58.6 Å². The molecule has 0 aliphatic heterocycles. The van der Waals surface area contributed by atoms with Crippen molar-refractivity contribution in [3.8, 4) is 6.07 Å². The quantitative estimate of drug-likeness (QED) is 0.354. The molecule has 0 bridgehead atoms. The molecule has 0 aromatic heterocycles. The lowest BCUT2D eigenvalue weighted by Gasteiger charge is -1.82. The molecular formula is C3H10NO5P. The average Bonchev–Trinajstić information content (AvgIpc) is 1.68. The van der Waals surface area contributed by atoms with Gasteiger partial charge in [-0.15, -0.1) is 0 Å². The van der Waals surface area contributed by atoms with Crippen LogP contribution in [0.3, 0.4) is 0 Å². The molecule has 0 heterocycles. The summed E-state index contributed by atoms with van der Waals surface area (Å²) in [4.78, 5) is 21.6. The Morgan fingerprint density at radius 3 is 1.30 bits per heavy atom. The molecule has 0 aliphatic rings. The van der Waals surface area contributed by atoms with E-state index in [1.165, 1.54) is 6.92 Å². The van der Waals surface area contributed by atoms with Crippen LogP contribution >= 0.6 is 7.82 Å². The second-order valence-corrected chi connectivity index (χ2v) is 1.76. The predicted octanol–water partition coefficient (Wildman–Crippen LogP) is -0.790. The third kappa shape index (κ3) is 1680. The van der Waals surface area contributed by atoms with Crippen LogP contribution in [0.15, 0.2) is 0 Å². The highest BCUT2D eigenvalue weighted by atomic mass is 31.2. The van der Waals surface area contributed by atoms with Crippen molar-refractivity contribution in [3.05, 3.63) is 0 Å². The molecule has 6 nitrogen and oxygen atoms in total. The fourth-order valence-corrected chi connectivity index (χ4v) is 0. The minimum atomic E-state index is -4.64. The fourth-order valence-electron chi connectivity index (χ4n) is 0. The van der Waals surface area contributed by atoms with Gasteiger partial charge in [0.1, 0.15) is 0 Å². The van der Waals surface area contributed by atoms with Gasteiger partial charge in [-0.25, -0.2) is 4.57 Å². The smallest absolute Gasteiger partial charge is 0.400 e. The van der Waals surface area contributed by atoms with E-state index in [0.717, 1.165) is 7.11 Å². The predicted molar refractivity (Wildman–Crippen MR) is 33.7 cm³/mol. The first-order valence-corrected chi connectivity index (χ1v) is 3.52. The summed E-state index contributed by atoms with van der Waals surface area (Å²) in [6.45, 7) is 1.43. The summed E-state index contributed by atoms with van der Waals surface area (Å²) >= 11 is 0. The van der Waals surface area contributed by atoms with Crippen molar-refractivity contribution in [1.82, 2.24) is 0 Å². The minimum absolute atomic E-state index is 1.00. The van der Waals surface area contributed by atoms with E-state index in [-0.39, 0.29) is 0 Å². The Kier molecular flexibility index (Phi) is 18.5. The van der Waals surface area contributed by atoms with E-state index in [9.17, 15) is 0 Å². The molecule has 0 saturated heterocycles. The van der Waals surface area contributed by atoms with Crippen LogP contribution in [-0.4, -0.2) is 26.9 Å². The zero-order chi connectivity index (χ0) is 9.21. The van der Waals surface area contributed by atoms with Crippen LogP contribution in [0.4, 0.5) is 0 Å². The largest absolute Gasteiger partial charge is 0.466 e. The Hall–Kier alpha value is -0.440. The van der Waals surface area contributed by atoms with Gasteiger partial charge in [-0.3, -0.25) is 0 Å². The molecule has 0 aromatic rings. The highest BCUT2D eigenvalue weighted by molar-refractivity contribution is 7.45. The molecule has 0 unspecified atom stereocenters. The molecule has 0 aromatic carbocycles. The van der Waals surface area contributed by atoms with Gasteiger partial charge in [0.05, 0.1) is 6.07 Å². The highest BCUT2D eigenvalue weighted by Gasteiger charge is 2.00. The standard InChI is InChI=1S/C2H3N.CH4O.H3O4P/c1-2-3;1-2;1-5(2,3)4/h1H3;2H,1H3;(H3,1,2,3,4). The fraction of sp³-hybridized carbons (Fsp3) is 0.667. The van der Waals surface area contributed by atoms with Gasteiger partial charge in [0.2, 0.25) is 0 Å². The first kappa shape index (κ1) is 16.3. The van der Waals surface area contributed by atoms with Crippen molar-refractivity contribution in [2.24, 2.45) is 0 Å². The van der Waals surface area contributed by atoms with Gasteiger partial charge >= 0.3 is 7.82 Å². The van der Waals surface area contributed by atoms with Gasteiger partial charge < -0.3 is 19.8 Å². The number of nitriles is 1. The number of aliphatic hydroxyl groups excluding tert-OH is 1. The summed E-state index contributed by atoms with van der Waals surface area (Å²) < 4.78 is 8.88. The number of rotatable bonds is 0. The summed E-state index contributed by atoms with van der Waals surface area (Å²) in [6, 6.07) is 1.75. The van der Waals surface area contributed by atoms with E-state index in [0.29, 0.717) is 0 Å². The van der Waals surface area contributed by atoms with Crippen LogP contribution in [0.2, 0.25) is 0 Å². The van der Waals surface area contributed by atoms with Crippen molar-refractivity contribution in [3.63, 3.8) is 0 Å². The van der Waals surface area contributed by atoms with E-state index in [1.807, 2.05) is 0 Å². The van der Waals surface area contributed by atoms with E-state index >= 15 is 0 Å². The zero-order valence-electron chi connectivity index (χ0n) is 5.59. The summed E-state index contributed by atoms with van der Waals surface area (Å²) in [5.74, 6) is 0. The first-order valence-electron chi connectivity index (χ1n) is 1.95. The summed E-state index contributed by atoms with van der Waals surface area (Å²) in [6.07, 6.45) is 0. The van der Waals surface area contributed by atoms with Crippen molar-refractivity contribution < 1.29 is 24.4 Å². The lowest BCUT2D eigenvalue weighted by molar-refractivity contribution is 0.275. The topological polar surface area (TPSA) is 122 Å². The molecule has 0 saturated carbocycles. The van der Waals surface area contributed by atoms with E-state index < -0.39 is 7.82 Å². The maximum atomic E-state index is 8.88. The van der Waals surface area contributed by atoms with Crippen molar-refractivity contribution >= 4 is 7.82 Å². The highest BCUT2D eigenvalue weighted by Crippen LogP contribution is 2.25. The number of aliphatic hydroxyl groups is 1. The van der Waals surface area contributed by atoms with Gasteiger partial charge in [-0.2, -0.15) is 5.26 Å². The van der Waals surface area contributed by atoms with E-state index in [1.54, 1.807) is 6.07 Å². The van der Waals surface area contributed by atoms with Crippen LogP contribution in [0, 0.1) is 11.3 Å². The lowest BCUT2D eigenvalue weighted by Crippen LogP contribution is -1.66. The molecule has 10 heavy (non-hydrogen) atoms. The second-order valence-electron chi connectivity index (χ2n) is 0.737. The second kappa shape index (κ2) is 11.4. The van der Waals surface area contributed by atoms with Crippen LogP contribution in [0.1, 0.15) is 6.92 Å². The molecular weight excluding hydrogens is 161 g/mol. The Morgan fingerprint density at radius 2 is 1.30 bits per heavy atom. The third-order valence-corrected chi connectivity index (χ3v) is 0. The van der Waals surface area contributed by atoms with E-state index in [2.05, 4.69) is 0 Å². The third-order valence-electron chi connectivity index (χ3n) is 0. The molecule has 0 atom stereocenters. The SMILES string of the molecule is CC#N.CO.O=P(O)(O)O. The Bertz CT molecular complexity index is 115. The maximum Gasteiger partial charge on any atom is 0.466 e. The molecule has 62 valence electrons. The molecule has 4 N–H and O–H groups in total. The average molecular weight is 171 g/mol. The summed E-state index contributed by atoms with van der Waals surface area (Å²) in [5, 5.41) is 14.3. The lowest BCUT2D eigenvalue weighted by atomic mass is 11.0. The molecule has 0 fully saturated rings. The monoisotopic (exact) mass is 171 g/mol. The van der Waals surface area contributed by atoms with Crippen molar-refractivity contribution in [1.29, 1.82) is 5.26 Å². The Morgan fingerprint density at radius 1 is 1.30 bits per heavy atom. The molecule has 0 aliphatic carbocycles. The van der Waals surface area contributed by atoms with Crippen molar-refractivity contribution in [2.45, 2.75) is 6.92 Å². The Balaban J connectivity index is -0.0000000847. The van der Waals surface area contributed by atoms with Crippen LogP contribution in [-0.2, 0) is 4.57 Å². The van der Waals surface area contributed by atoms with Crippen LogP contribution in [0.25, 0.3) is 0 Å². The minimum Gasteiger partial charge on any atom is -0.400 e. The van der Waals surface area contributed by atoms with Gasteiger partial charge in [0.25, 0.3) is 0 Å². The van der Waals surface area contributed by atoms with E-state index in [4.69, 9.17) is 29.6 Å². The number of hydrogen-bond donors (Lipinski definition) is 4. The number of phosphoric acid groups is 1. The van der Waals surface area contributed by atoms with Crippen molar-refractivity contribution in [2.75, 3.05) is 7.11 Å². The van der Waals surface area contributed by atoms with Gasteiger partial charge in [-0.1, -0.05) is 0 Å². The number of nitrogens with zero attached hydrogens (tertiary/aromatic N) is 1. The summed E-state index contributed by atoms with van der Waals surface area (Å²) in [5.41, 5.74) is 0. The molecule has 0 spiro atoms.